The molecule has 9 heteroatoms. The molecule has 0 aliphatic rings. The highest BCUT2D eigenvalue weighted by Crippen LogP contribution is 2.26. The number of nitrogens with zero attached hydrogens (tertiary/aromatic N) is 2. The molecule has 230 valence electrons. The van der Waals surface area contributed by atoms with Gasteiger partial charge in [-0.3, -0.25) is 13.9 Å². The van der Waals surface area contributed by atoms with Crippen molar-refractivity contribution in [3.05, 3.63) is 131 Å². The fourth-order valence-electron chi connectivity index (χ4n) is 4.83. The van der Waals surface area contributed by atoms with Gasteiger partial charge in [-0.05, 0) is 80.8 Å². The molecule has 0 fully saturated rings. The second kappa shape index (κ2) is 14.1. The fraction of sp³-hybridized carbons (Fsp3) is 0.257. The molecule has 0 heterocycles. The highest BCUT2D eigenvalue weighted by Gasteiger charge is 2.35. The van der Waals surface area contributed by atoms with Crippen LogP contribution in [-0.2, 0) is 32.6 Å². The van der Waals surface area contributed by atoms with E-state index in [0.717, 1.165) is 21.0 Å². The van der Waals surface area contributed by atoms with Gasteiger partial charge in [-0.25, -0.2) is 8.42 Å². The molecule has 0 aromatic heterocycles. The van der Waals surface area contributed by atoms with Crippen molar-refractivity contribution in [2.45, 2.75) is 57.1 Å². The van der Waals surface area contributed by atoms with Crippen LogP contribution in [0.4, 0.5) is 5.69 Å². The Balaban J connectivity index is 1.81. The number of carbonyl (C=O) groups excluding carboxylic acids is 2. The third-order valence-corrected chi connectivity index (χ3v) is 9.14. The number of sulfonamides is 1. The summed E-state index contributed by atoms with van der Waals surface area (Å²) in [7, 11) is -4.19. The van der Waals surface area contributed by atoms with E-state index in [9.17, 15) is 18.0 Å². The van der Waals surface area contributed by atoms with Crippen LogP contribution in [0.3, 0.4) is 0 Å². The number of halogens is 1. The molecule has 0 spiro atoms. The van der Waals surface area contributed by atoms with Gasteiger partial charge in [-0.1, -0.05) is 84.4 Å². The number of aryl methyl sites for hydroxylation is 1. The van der Waals surface area contributed by atoms with Crippen molar-refractivity contribution in [3.8, 4) is 0 Å². The van der Waals surface area contributed by atoms with E-state index in [4.69, 9.17) is 11.6 Å². The Morgan fingerprint density at radius 3 is 1.98 bits per heavy atom. The van der Waals surface area contributed by atoms with Crippen LogP contribution in [0.2, 0.25) is 5.02 Å². The van der Waals surface area contributed by atoms with E-state index in [-0.39, 0.29) is 23.8 Å². The van der Waals surface area contributed by atoms with Gasteiger partial charge in [0.2, 0.25) is 11.8 Å². The smallest absolute Gasteiger partial charge is 0.264 e. The van der Waals surface area contributed by atoms with Crippen LogP contribution in [0.15, 0.2) is 114 Å². The number of hydrogen-bond donors (Lipinski definition) is 1. The number of rotatable bonds is 11. The molecule has 7 nitrogen and oxygen atoms in total. The van der Waals surface area contributed by atoms with Gasteiger partial charge in [0.15, 0.2) is 0 Å². The van der Waals surface area contributed by atoms with Crippen LogP contribution in [0.5, 0.6) is 0 Å². The summed E-state index contributed by atoms with van der Waals surface area (Å²) in [5, 5.41) is 3.44. The molecular weight excluding hydrogens is 594 g/mol. The van der Waals surface area contributed by atoms with Gasteiger partial charge in [0.1, 0.15) is 12.6 Å². The maximum absolute atomic E-state index is 14.5. The Morgan fingerprint density at radius 1 is 0.818 bits per heavy atom. The van der Waals surface area contributed by atoms with Crippen molar-refractivity contribution >= 4 is 39.1 Å². The van der Waals surface area contributed by atoms with E-state index < -0.39 is 34.1 Å². The van der Waals surface area contributed by atoms with Gasteiger partial charge in [0.05, 0.1) is 10.6 Å². The van der Waals surface area contributed by atoms with Crippen LogP contribution < -0.4 is 9.62 Å². The molecule has 4 rings (SSSR count). The number of benzene rings is 4. The summed E-state index contributed by atoms with van der Waals surface area (Å²) in [6.45, 7) is 7.19. The first-order valence-electron chi connectivity index (χ1n) is 14.4. The largest absolute Gasteiger partial charge is 0.350 e. The van der Waals surface area contributed by atoms with E-state index in [0.29, 0.717) is 10.7 Å². The number of anilines is 1. The summed E-state index contributed by atoms with van der Waals surface area (Å²) < 4.78 is 29.1. The summed E-state index contributed by atoms with van der Waals surface area (Å²) in [4.78, 5) is 29.9. The van der Waals surface area contributed by atoms with Crippen molar-refractivity contribution in [3.63, 3.8) is 0 Å². The SMILES string of the molecule is Cc1ccccc1CN(C(=O)CN(c1ccccc1)S(=O)(=O)c1ccc(Cl)cc1)[C@@H](Cc1ccccc1)C(=O)NC(C)(C)C. The zero-order chi connectivity index (χ0) is 31.9. The molecule has 0 saturated carbocycles. The molecule has 4 aromatic carbocycles. The number of nitrogens with one attached hydrogen (secondary N) is 1. The molecular formula is C35H38ClN3O4S. The van der Waals surface area contributed by atoms with Crippen LogP contribution in [0.1, 0.15) is 37.5 Å². The molecule has 1 N–H and O–H groups in total. The number of hydrogen-bond acceptors (Lipinski definition) is 4. The summed E-state index contributed by atoms with van der Waals surface area (Å²) in [6.07, 6.45) is 0.246. The van der Waals surface area contributed by atoms with Gasteiger partial charge in [0, 0.05) is 23.5 Å². The molecule has 0 saturated heterocycles. The van der Waals surface area contributed by atoms with Gasteiger partial charge in [-0.2, -0.15) is 0 Å². The van der Waals surface area contributed by atoms with E-state index in [1.807, 2.05) is 82.3 Å². The van der Waals surface area contributed by atoms with Crippen LogP contribution in [0, 0.1) is 6.92 Å². The highest BCUT2D eigenvalue weighted by atomic mass is 35.5. The summed E-state index contributed by atoms with van der Waals surface area (Å²) >= 11 is 6.04. The summed E-state index contributed by atoms with van der Waals surface area (Å²) in [5.74, 6) is -0.838. The molecule has 4 aromatic rings. The Bertz CT molecular complexity index is 1670. The zero-order valence-corrected chi connectivity index (χ0v) is 27.0. The lowest BCUT2D eigenvalue weighted by Crippen LogP contribution is -2.56. The first-order valence-corrected chi connectivity index (χ1v) is 16.2. The van der Waals surface area contributed by atoms with Crippen molar-refractivity contribution in [1.29, 1.82) is 0 Å². The Hall–Kier alpha value is -4.14. The van der Waals surface area contributed by atoms with Crippen molar-refractivity contribution in [2.24, 2.45) is 0 Å². The molecule has 2 amide bonds. The first kappa shape index (κ1) is 32.8. The lowest BCUT2D eigenvalue weighted by molar-refractivity contribution is -0.140. The lowest BCUT2D eigenvalue weighted by Gasteiger charge is -2.35. The standard InChI is InChI=1S/C35H38ClN3O4S/c1-26-13-11-12-16-28(26)24-38(32(34(41)37-35(2,3)4)23-27-14-7-5-8-15-27)33(40)25-39(30-17-9-6-10-18-30)44(42,43)31-21-19-29(36)20-22-31/h5-22,32H,23-25H2,1-4H3,(H,37,41)/t32-/m0/s1. The molecule has 44 heavy (non-hydrogen) atoms. The number of carbonyl (C=O) groups is 2. The normalized spacial score (nSPS) is 12.3. The molecule has 0 aliphatic carbocycles. The second-order valence-corrected chi connectivity index (χ2v) is 14.0. The Morgan fingerprint density at radius 2 is 1.39 bits per heavy atom. The Labute approximate surface area is 265 Å². The van der Waals surface area contributed by atoms with Crippen LogP contribution in [0.25, 0.3) is 0 Å². The van der Waals surface area contributed by atoms with E-state index in [1.165, 1.54) is 29.2 Å². The predicted molar refractivity (Wildman–Crippen MR) is 176 cm³/mol. The third kappa shape index (κ3) is 8.49. The lowest BCUT2D eigenvalue weighted by atomic mass is 10.00. The minimum absolute atomic E-state index is 0.00434. The van der Waals surface area contributed by atoms with Gasteiger partial charge in [0.25, 0.3) is 10.0 Å². The van der Waals surface area contributed by atoms with Crippen molar-refractivity contribution in [2.75, 3.05) is 10.8 Å². The first-order chi connectivity index (χ1) is 20.8. The molecule has 0 radical (unpaired) electrons. The minimum Gasteiger partial charge on any atom is -0.350 e. The molecule has 0 bridgehead atoms. The molecule has 1 atom stereocenters. The van der Waals surface area contributed by atoms with E-state index in [2.05, 4.69) is 5.32 Å². The average Bonchev–Trinajstić information content (AvgIpc) is 2.98. The second-order valence-electron chi connectivity index (χ2n) is 11.7. The van der Waals surface area contributed by atoms with Gasteiger partial charge < -0.3 is 10.2 Å². The van der Waals surface area contributed by atoms with Gasteiger partial charge in [-0.15, -0.1) is 0 Å². The quantitative estimate of drug-likeness (QED) is 0.208. The van der Waals surface area contributed by atoms with E-state index >= 15 is 0 Å². The zero-order valence-electron chi connectivity index (χ0n) is 25.4. The average molecular weight is 632 g/mol. The van der Waals surface area contributed by atoms with Gasteiger partial charge >= 0.3 is 0 Å². The van der Waals surface area contributed by atoms with Crippen molar-refractivity contribution < 1.29 is 18.0 Å². The predicted octanol–water partition coefficient (Wildman–Crippen LogP) is 6.40. The van der Waals surface area contributed by atoms with Crippen LogP contribution >= 0.6 is 11.6 Å². The monoisotopic (exact) mass is 631 g/mol. The molecule has 0 unspecified atom stereocenters. The minimum atomic E-state index is -4.19. The van der Waals surface area contributed by atoms with E-state index in [1.54, 1.807) is 30.3 Å². The third-order valence-electron chi connectivity index (χ3n) is 7.10. The fourth-order valence-corrected chi connectivity index (χ4v) is 6.37. The number of amides is 2. The number of para-hydroxylation sites is 1. The maximum Gasteiger partial charge on any atom is 0.264 e. The highest BCUT2D eigenvalue weighted by molar-refractivity contribution is 7.92. The Kier molecular flexibility index (Phi) is 10.5. The van der Waals surface area contributed by atoms with Crippen molar-refractivity contribution in [1.82, 2.24) is 10.2 Å². The summed E-state index contributed by atoms with van der Waals surface area (Å²) in [5.41, 5.74) is 2.45. The van der Waals surface area contributed by atoms with Crippen LogP contribution in [-0.4, -0.2) is 43.3 Å². The topological polar surface area (TPSA) is 86.8 Å². The summed E-state index contributed by atoms with van der Waals surface area (Å²) in [6, 6.07) is 30.5. The molecule has 0 aliphatic heterocycles. The maximum atomic E-state index is 14.5.